The Morgan fingerprint density at radius 1 is 1.33 bits per heavy atom. The summed E-state index contributed by atoms with van der Waals surface area (Å²) in [6.45, 7) is 4.55. The first-order valence-corrected chi connectivity index (χ1v) is 5.63. The van der Waals surface area contributed by atoms with Crippen LogP contribution in [0.3, 0.4) is 0 Å². The normalized spacial score (nSPS) is 9.87. The number of aromatic nitrogens is 1. The zero-order valence-electron chi connectivity index (χ0n) is 8.34. The number of benzene rings is 1. The fraction of sp³-hybridized carbons (Fsp3) is 0.0833. The maximum Gasteiger partial charge on any atom is 0.190 e. The van der Waals surface area contributed by atoms with Crippen LogP contribution in [-0.4, -0.2) is 11.5 Å². The smallest absolute Gasteiger partial charge is 0.190 e. The van der Waals surface area contributed by atoms with Crippen molar-refractivity contribution in [2.24, 2.45) is 0 Å². The first-order valence-electron chi connectivity index (χ1n) is 4.75. The molecule has 0 saturated heterocycles. The van der Waals surface area contributed by atoms with E-state index in [-0.39, 0.29) is 0 Å². The van der Waals surface area contributed by atoms with Gasteiger partial charge in [-0.25, -0.2) is 4.98 Å². The van der Waals surface area contributed by atoms with Crippen molar-refractivity contribution in [2.45, 2.75) is 0 Å². The Hall–Kier alpha value is -1.61. The summed E-state index contributed by atoms with van der Waals surface area (Å²) < 4.78 is 0. The summed E-state index contributed by atoms with van der Waals surface area (Å²) in [5, 5.41) is 2.98. The zero-order chi connectivity index (χ0) is 10.5. The Bertz CT molecular complexity index is 408. The molecule has 0 N–H and O–H groups in total. The second-order valence-corrected chi connectivity index (χ2v) is 3.92. The van der Waals surface area contributed by atoms with Crippen LogP contribution in [0.1, 0.15) is 0 Å². The van der Waals surface area contributed by atoms with Crippen LogP contribution in [0.25, 0.3) is 0 Å². The first-order chi connectivity index (χ1) is 7.42. The Kier molecular flexibility index (Phi) is 3.15. The van der Waals surface area contributed by atoms with Gasteiger partial charge in [-0.05, 0) is 12.1 Å². The molecule has 0 atom stereocenters. The predicted molar refractivity (Wildman–Crippen MR) is 65.8 cm³/mol. The van der Waals surface area contributed by atoms with Gasteiger partial charge < -0.3 is 4.90 Å². The monoisotopic (exact) mass is 216 g/mol. The van der Waals surface area contributed by atoms with Crippen molar-refractivity contribution in [3.8, 4) is 0 Å². The molecule has 76 valence electrons. The molecule has 0 fully saturated rings. The standard InChI is InChI=1S/C12H12N2S/c1-2-9-14(12-13-8-10-15-12)11-6-4-3-5-7-11/h2-8,10H,1,9H2. The Morgan fingerprint density at radius 2 is 2.13 bits per heavy atom. The summed E-state index contributed by atoms with van der Waals surface area (Å²) in [5.41, 5.74) is 1.15. The lowest BCUT2D eigenvalue weighted by atomic mass is 10.3. The fourth-order valence-corrected chi connectivity index (χ4v) is 2.05. The molecule has 1 heterocycles. The molecule has 0 unspecified atom stereocenters. The van der Waals surface area contributed by atoms with Gasteiger partial charge in [-0.1, -0.05) is 24.3 Å². The molecule has 2 nitrogen and oxygen atoms in total. The number of nitrogens with zero attached hydrogens (tertiary/aromatic N) is 2. The van der Waals surface area contributed by atoms with Crippen LogP contribution < -0.4 is 4.90 Å². The lowest BCUT2D eigenvalue weighted by molar-refractivity contribution is 1.08. The van der Waals surface area contributed by atoms with Gasteiger partial charge in [-0.15, -0.1) is 17.9 Å². The lowest BCUT2D eigenvalue weighted by Crippen LogP contribution is -2.16. The van der Waals surface area contributed by atoms with Gasteiger partial charge in [0.1, 0.15) is 0 Å². The highest BCUT2D eigenvalue weighted by molar-refractivity contribution is 7.13. The molecular weight excluding hydrogens is 204 g/mol. The van der Waals surface area contributed by atoms with Crippen molar-refractivity contribution in [2.75, 3.05) is 11.4 Å². The molecule has 1 aromatic carbocycles. The van der Waals surface area contributed by atoms with Crippen LogP contribution in [0.5, 0.6) is 0 Å². The van der Waals surface area contributed by atoms with Crippen molar-refractivity contribution >= 4 is 22.2 Å². The first kappa shape index (κ1) is 9.93. The SMILES string of the molecule is C=CCN(c1ccccc1)c1nccs1. The molecule has 0 saturated carbocycles. The molecule has 0 radical (unpaired) electrons. The molecule has 0 aliphatic rings. The van der Waals surface area contributed by atoms with E-state index < -0.39 is 0 Å². The highest BCUT2D eigenvalue weighted by atomic mass is 32.1. The van der Waals surface area contributed by atoms with E-state index >= 15 is 0 Å². The van der Waals surface area contributed by atoms with Gasteiger partial charge in [-0.3, -0.25) is 0 Å². The predicted octanol–water partition coefficient (Wildman–Crippen LogP) is 3.47. The van der Waals surface area contributed by atoms with E-state index in [4.69, 9.17) is 0 Å². The van der Waals surface area contributed by atoms with E-state index in [1.54, 1.807) is 11.3 Å². The van der Waals surface area contributed by atoms with E-state index in [0.717, 1.165) is 17.4 Å². The third kappa shape index (κ3) is 2.25. The van der Waals surface area contributed by atoms with Crippen LogP contribution >= 0.6 is 11.3 Å². The maximum absolute atomic E-state index is 4.31. The Balaban J connectivity index is 2.32. The van der Waals surface area contributed by atoms with Crippen molar-refractivity contribution < 1.29 is 0 Å². The van der Waals surface area contributed by atoms with Gasteiger partial charge in [0.2, 0.25) is 0 Å². The molecule has 1 aromatic heterocycles. The Morgan fingerprint density at radius 3 is 2.73 bits per heavy atom. The van der Waals surface area contributed by atoms with Gasteiger partial charge in [-0.2, -0.15) is 0 Å². The average molecular weight is 216 g/mol. The number of hydrogen-bond acceptors (Lipinski definition) is 3. The molecule has 2 rings (SSSR count). The summed E-state index contributed by atoms with van der Waals surface area (Å²) in [4.78, 5) is 6.44. The highest BCUT2D eigenvalue weighted by Crippen LogP contribution is 2.26. The fourth-order valence-electron chi connectivity index (χ4n) is 1.38. The third-order valence-corrected chi connectivity index (χ3v) is 2.82. The second kappa shape index (κ2) is 4.75. The number of hydrogen-bond donors (Lipinski definition) is 0. The van der Waals surface area contributed by atoms with Crippen molar-refractivity contribution in [3.63, 3.8) is 0 Å². The summed E-state index contributed by atoms with van der Waals surface area (Å²) >= 11 is 1.63. The average Bonchev–Trinajstić information content (AvgIpc) is 2.80. The van der Waals surface area contributed by atoms with E-state index in [1.165, 1.54) is 0 Å². The molecule has 3 heteroatoms. The molecule has 15 heavy (non-hydrogen) atoms. The van der Waals surface area contributed by atoms with Crippen molar-refractivity contribution in [1.82, 2.24) is 4.98 Å². The van der Waals surface area contributed by atoms with E-state index in [2.05, 4.69) is 28.6 Å². The number of thiazole rings is 1. The zero-order valence-corrected chi connectivity index (χ0v) is 9.15. The molecule has 0 bridgehead atoms. The quantitative estimate of drug-likeness (QED) is 0.727. The molecule has 0 aliphatic heterocycles. The van der Waals surface area contributed by atoms with Gasteiger partial charge in [0.05, 0.1) is 0 Å². The summed E-state index contributed by atoms with van der Waals surface area (Å²) in [7, 11) is 0. The molecule has 0 aliphatic carbocycles. The lowest BCUT2D eigenvalue weighted by Gasteiger charge is -2.19. The largest absolute Gasteiger partial charge is 0.314 e. The highest BCUT2D eigenvalue weighted by Gasteiger charge is 2.08. The topological polar surface area (TPSA) is 16.1 Å². The molecular formula is C12H12N2S. The molecule has 0 spiro atoms. The summed E-state index contributed by atoms with van der Waals surface area (Å²) in [5.74, 6) is 0. The number of anilines is 2. The molecule has 2 aromatic rings. The van der Waals surface area contributed by atoms with Crippen LogP contribution in [-0.2, 0) is 0 Å². The minimum absolute atomic E-state index is 0.775. The van der Waals surface area contributed by atoms with Crippen molar-refractivity contribution in [3.05, 3.63) is 54.6 Å². The third-order valence-electron chi connectivity index (χ3n) is 2.03. The van der Waals surface area contributed by atoms with Crippen LogP contribution in [0, 0.1) is 0 Å². The van der Waals surface area contributed by atoms with E-state index in [9.17, 15) is 0 Å². The minimum Gasteiger partial charge on any atom is -0.314 e. The second-order valence-electron chi connectivity index (χ2n) is 3.05. The number of rotatable bonds is 4. The summed E-state index contributed by atoms with van der Waals surface area (Å²) in [6, 6.07) is 10.2. The van der Waals surface area contributed by atoms with Gasteiger partial charge in [0.15, 0.2) is 5.13 Å². The Labute approximate surface area is 93.5 Å². The van der Waals surface area contributed by atoms with Crippen LogP contribution in [0.4, 0.5) is 10.8 Å². The van der Waals surface area contributed by atoms with Crippen molar-refractivity contribution in [1.29, 1.82) is 0 Å². The van der Waals surface area contributed by atoms with Gasteiger partial charge >= 0.3 is 0 Å². The van der Waals surface area contributed by atoms with E-state index in [1.807, 2.05) is 35.9 Å². The van der Waals surface area contributed by atoms with Gasteiger partial charge in [0.25, 0.3) is 0 Å². The van der Waals surface area contributed by atoms with Gasteiger partial charge in [0, 0.05) is 23.8 Å². The van der Waals surface area contributed by atoms with Crippen LogP contribution in [0.2, 0.25) is 0 Å². The number of para-hydroxylation sites is 1. The summed E-state index contributed by atoms with van der Waals surface area (Å²) in [6.07, 6.45) is 3.70. The molecule has 0 amide bonds. The van der Waals surface area contributed by atoms with Crippen LogP contribution in [0.15, 0.2) is 54.6 Å². The minimum atomic E-state index is 0.775. The van der Waals surface area contributed by atoms with E-state index in [0.29, 0.717) is 0 Å². The maximum atomic E-state index is 4.31.